The van der Waals surface area contributed by atoms with Gasteiger partial charge in [-0.25, -0.2) is 9.97 Å². The second-order valence-electron chi connectivity index (χ2n) is 6.04. The van der Waals surface area contributed by atoms with Gasteiger partial charge in [-0.15, -0.1) is 0 Å². The van der Waals surface area contributed by atoms with Crippen LogP contribution >= 0.6 is 34.2 Å². The van der Waals surface area contributed by atoms with Gasteiger partial charge in [0.05, 0.1) is 15.4 Å². The first kappa shape index (κ1) is 15.4. The van der Waals surface area contributed by atoms with Crippen LogP contribution in [0.25, 0.3) is 0 Å². The molecule has 2 rings (SSSR count). The number of hydrogen-bond acceptors (Lipinski definition) is 3. The second-order valence-corrected chi connectivity index (χ2v) is 7.47. The van der Waals surface area contributed by atoms with Gasteiger partial charge in [-0.3, -0.25) is 0 Å². The van der Waals surface area contributed by atoms with Crippen molar-refractivity contribution in [2.45, 2.75) is 58.0 Å². The number of rotatable bonds is 2. The fourth-order valence-electron chi connectivity index (χ4n) is 2.22. The third-order valence-electron chi connectivity index (χ3n) is 3.25. The summed E-state index contributed by atoms with van der Waals surface area (Å²) in [5.41, 5.74) is 1.00. The standard InChI is InChI=1S/C14H20ClIN2O/c1-14(2,3)12-11(16)13(15)18-10(17-12)8-9-6-4-5-7-19-9/h9H,4-8H2,1-3H3. The Labute approximate surface area is 133 Å². The monoisotopic (exact) mass is 394 g/mol. The minimum absolute atomic E-state index is 0.0225. The van der Waals surface area contributed by atoms with Crippen LogP contribution in [0.4, 0.5) is 0 Å². The molecule has 0 aliphatic carbocycles. The molecule has 5 heteroatoms. The van der Waals surface area contributed by atoms with Crippen molar-refractivity contribution in [1.29, 1.82) is 0 Å². The fourth-order valence-corrected chi connectivity index (χ4v) is 3.46. The summed E-state index contributed by atoms with van der Waals surface area (Å²) >= 11 is 8.47. The van der Waals surface area contributed by atoms with Gasteiger partial charge in [0.25, 0.3) is 0 Å². The lowest BCUT2D eigenvalue weighted by Gasteiger charge is -2.24. The average molecular weight is 395 g/mol. The van der Waals surface area contributed by atoms with E-state index in [1.54, 1.807) is 0 Å². The molecule has 0 bridgehead atoms. The van der Waals surface area contributed by atoms with Crippen molar-refractivity contribution in [3.63, 3.8) is 0 Å². The van der Waals surface area contributed by atoms with E-state index in [9.17, 15) is 0 Å². The molecule has 1 atom stereocenters. The maximum atomic E-state index is 6.24. The van der Waals surface area contributed by atoms with Gasteiger partial charge in [0.15, 0.2) is 0 Å². The largest absolute Gasteiger partial charge is 0.378 e. The van der Waals surface area contributed by atoms with E-state index < -0.39 is 0 Å². The molecule has 1 saturated heterocycles. The topological polar surface area (TPSA) is 35.0 Å². The van der Waals surface area contributed by atoms with E-state index in [-0.39, 0.29) is 11.5 Å². The third kappa shape index (κ3) is 4.02. The maximum Gasteiger partial charge on any atom is 0.146 e. The lowest BCUT2D eigenvalue weighted by molar-refractivity contribution is 0.0156. The van der Waals surface area contributed by atoms with Gasteiger partial charge in [-0.05, 0) is 41.9 Å². The molecule has 1 aromatic heterocycles. The van der Waals surface area contributed by atoms with Gasteiger partial charge >= 0.3 is 0 Å². The SMILES string of the molecule is CC(C)(C)c1nc(CC2CCCCO2)nc(Cl)c1I. The molecule has 0 aromatic carbocycles. The molecule has 0 spiro atoms. The van der Waals surface area contributed by atoms with Crippen LogP contribution in [-0.4, -0.2) is 22.7 Å². The minimum atomic E-state index is -0.0225. The van der Waals surface area contributed by atoms with Gasteiger partial charge in [0.1, 0.15) is 11.0 Å². The molecule has 0 N–H and O–H groups in total. The zero-order valence-corrected chi connectivity index (χ0v) is 14.6. The van der Waals surface area contributed by atoms with Crippen molar-refractivity contribution in [2.75, 3.05) is 6.61 Å². The Morgan fingerprint density at radius 1 is 1.32 bits per heavy atom. The van der Waals surface area contributed by atoms with E-state index in [2.05, 4.69) is 48.3 Å². The van der Waals surface area contributed by atoms with Crippen LogP contribution in [-0.2, 0) is 16.6 Å². The third-order valence-corrected chi connectivity index (χ3v) is 4.87. The van der Waals surface area contributed by atoms with Gasteiger partial charge < -0.3 is 4.74 Å². The van der Waals surface area contributed by atoms with E-state index in [0.717, 1.165) is 41.0 Å². The highest BCUT2D eigenvalue weighted by atomic mass is 127. The van der Waals surface area contributed by atoms with Crippen LogP contribution in [0.3, 0.4) is 0 Å². The van der Waals surface area contributed by atoms with Gasteiger partial charge in [0, 0.05) is 18.4 Å². The number of halogens is 2. The number of nitrogens with zero attached hydrogens (tertiary/aromatic N) is 2. The predicted octanol–water partition coefficient (Wildman–Crippen LogP) is 4.14. The summed E-state index contributed by atoms with van der Waals surface area (Å²) in [6.45, 7) is 7.30. The Morgan fingerprint density at radius 3 is 2.63 bits per heavy atom. The molecular formula is C14H20ClIN2O. The van der Waals surface area contributed by atoms with E-state index in [0.29, 0.717) is 5.15 Å². The Balaban J connectivity index is 2.23. The Kier molecular flexibility index (Phi) is 5.06. The van der Waals surface area contributed by atoms with Crippen molar-refractivity contribution in [3.8, 4) is 0 Å². The Hall–Kier alpha value is 0.0600. The molecule has 0 amide bonds. The number of aromatic nitrogens is 2. The molecule has 1 aliphatic heterocycles. The molecule has 1 aliphatic rings. The summed E-state index contributed by atoms with van der Waals surface area (Å²) in [6.07, 6.45) is 4.50. The highest BCUT2D eigenvalue weighted by Crippen LogP contribution is 2.29. The summed E-state index contributed by atoms with van der Waals surface area (Å²) in [5.74, 6) is 0.808. The first-order chi connectivity index (χ1) is 8.88. The van der Waals surface area contributed by atoms with Crippen LogP contribution in [0, 0.1) is 3.57 Å². The van der Waals surface area contributed by atoms with Crippen molar-refractivity contribution in [2.24, 2.45) is 0 Å². The lowest BCUT2D eigenvalue weighted by atomic mass is 9.92. The second kappa shape index (κ2) is 6.22. The van der Waals surface area contributed by atoms with E-state index in [1.165, 1.54) is 6.42 Å². The van der Waals surface area contributed by atoms with Gasteiger partial charge in [0.2, 0.25) is 0 Å². The number of hydrogen-bond donors (Lipinski definition) is 0. The zero-order chi connectivity index (χ0) is 14.0. The van der Waals surface area contributed by atoms with Gasteiger partial charge in [-0.2, -0.15) is 0 Å². The lowest BCUT2D eigenvalue weighted by Crippen LogP contribution is -2.24. The molecule has 106 valence electrons. The zero-order valence-electron chi connectivity index (χ0n) is 11.7. The van der Waals surface area contributed by atoms with Crippen molar-refractivity contribution in [1.82, 2.24) is 9.97 Å². The molecule has 1 unspecified atom stereocenters. The van der Waals surface area contributed by atoms with E-state index in [4.69, 9.17) is 21.3 Å². The summed E-state index contributed by atoms with van der Waals surface area (Å²) in [7, 11) is 0. The molecule has 19 heavy (non-hydrogen) atoms. The smallest absolute Gasteiger partial charge is 0.146 e. The van der Waals surface area contributed by atoms with Crippen LogP contribution in [0.5, 0.6) is 0 Å². The molecule has 2 heterocycles. The summed E-state index contributed by atoms with van der Waals surface area (Å²) in [6, 6.07) is 0. The summed E-state index contributed by atoms with van der Waals surface area (Å²) in [4.78, 5) is 9.12. The van der Waals surface area contributed by atoms with Crippen LogP contribution < -0.4 is 0 Å². The molecule has 0 saturated carbocycles. The molecule has 1 aromatic rings. The van der Waals surface area contributed by atoms with Crippen LogP contribution in [0.2, 0.25) is 5.15 Å². The highest BCUT2D eigenvalue weighted by molar-refractivity contribution is 14.1. The summed E-state index contributed by atoms with van der Waals surface area (Å²) in [5, 5.41) is 0.561. The molecule has 1 fully saturated rings. The first-order valence-corrected chi connectivity index (χ1v) is 8.17. The molecular weight excluding hydrogens is 375 g/mol. The quantitative estimate of drug-likeness (QED) is 0.558. The highest BCUT2D eigenvalue weighted by Gasteiger charge is 2.24. The average Bonchev–Trinajstić information content (AvgIpc) is 2.33. The van der Waals surface area contributed by atoms with Crippen molar-refractivity contribution in [3.05, 3.63) is 20.2 Å². The Bertz CT molecular complexity index is 453. The molecule has 3 nitrogen and oxygen atoms in total. The van der Waals surface area contributed by atoms with E-state index in [1.807, 2.05) is 0 Å². The van der Waals surface area contributed by atoms with Crippen molar-refractivity contribution < 1.29 is 4.74 Å². The number of ether oxygens (including phenoxy) is 1. The minimum Gasteiger partial charge on any atom is -0.378 e. The van der Waals surface area contributed by atoms with Crippen LogP contribution in [0.1, 0.15) is 51.6 Å². The fraction of sp³-hybridized carbons (Fsp3) is 0.714. The normalized spacial score (nSPS) is 20.6. The summed E-state index contributed by atoms with van der Waals surface area (Å²) < 4.78 is 6.71. The Morgan fingerprint density at radius 2 is 2.05 bits per heavy atom. The first-order valence-electron chi connectivity index (χ1n) is 6.72. The molecule has 0 radical (unpaired) electrons. The van der Waals surface area contributed by atoms with Gasteiger partial charge in [-0.1, -0.05) is 32.4 Å². The van der Waals surface area contributed by atoms with Crippen LogP contribution in [0.15, 0.2) is 0 Å². The maximum absolute atomic E-state index is 6.24. The predicted molar refractivity (Wildman–Crippen MR) is 85.8 cm³/mol. The van der Waals surface area contributed by atoms with E-state index >= 15 is 0 Å². The van der Waals surface area contributed by atoms with Crippen molar-refractivity contribution >= 4 is 34.2 Å².